The zero-order valence-corrected chi connectivity index (χ0v) is 24.8. The van der Waals surface area contributed by atoms with Crippen molar-refractivity contribution in [1.29, 1.82) is 0 Å². The normalized spacial score (nSPS) is 11.5. The number of aromatic carboxylic acids is 1. The van der Waals surface area contributed by atoms with E-state index in [0.29, 0.717) is 30.6 Å². The maximum Gasteiger partial charge on any atom is 0.490 e. The number of primary amides is 1. The number of fused-ring (bicyclic) bond motifs is 1. The summed E-state index contributed by atoms with van der Waals surface area (Å²) < 4.78 is 43.2. The molecule has 0 aliphatic heterocycles. The van der Waals surface area contributed by atoms with Gasteiger partial charge in [0.15, 0.2) is 0 Å². The fraction of sp³-hybridized carbons (Fsp3) is 0.333. The average Bonchev–Trinajstić information content (AvgIpc) is 3.35. The summed E-state index contributed by atoms with van der Waals surface area (Å²) in [4.78, 5) is 41.2. The third-order valence-corrected chi connectivity index (χ3v) is 7.40. The monoisotopic (exact) mass is 624 g/mol. The van der Waals surface area contributed by atoms with Crippen molar-refractivity contribution < 1.29 is 37.4 Å². The van der Waals surface area contributed by atoms with Crippen LogP contribution in [-0.2, 0) is 22.5 Å². The lowest BCUT2D eigenvalue weighted by Crippen LogP contribution is -2.36. The van der Waals surface area contributed by atoms with Crippen molar-refractivity contribution in [3.8, 4) is 11.1 Å². The number of benzene rings is 3. The van der Waals surface area contributed by atoms with Crippen LogP contribution in [0.5, 0.6) is 0 Å². The van der Waals surface area contributed by atoms with Gasteiger partial charge in [0.2, 0.25) is 0 Å². The zero-order chi connectivity index (χ0) is 32.6. The van der Waals surface area contributed by atoms with E-state index in [0.717, 1.165) is 47.2 Å². The van der Waals surface area contributed by atoms with Crippen LogP contribution >= 0.6 is 0 Å². The third kappa shape index (κ3) is 8.40. The first kappa shape index (κ1) is 33.0. The van der Waals surface area contributed by atoms with Gasteiger partial charge in [-0.05, 0) is 66.6 Å². The number of rotatable bonds is 14. The van der Waals surface area contributed by atoms with Crippen molar-refractivity contribution in [2.24, 2.45) is 5.73 Å². The molecule has 0 saturated heterocycles. The van der Waals surface area contributed by atoms with Crippen LogP contribution in [-0.4, -0.2) is 52.0 Å². The molecule has 0 bridgehead atoms. The SMILES string of the molecule is CCCCc1nc2ccc(N(CCCCCOC(=O)C(F)(F)F)C(N)=O)cc2n1Cc1ccc(-c2ccccc2C(=O)O)cc1. The Kier molecular flexibility index (Phi) is 10.8. The van der Waals surface area contributed by atoms with Gasteiger partial charge in [-0.3, -0.25) is 4.90 Å². The van der Waals surface area contributed by atoms with Crippen molar-refractivity contribution >= 4 is 34.7 Å². The Morgan fingerprint density at radius 1 is 0.978 bits per heavy atom. The Hall–Kier alpha value is -4.87. The highest BCUT2D eigenvalue weighted by molar-refractivity contribution is 5.96. The molecule has 4 rings (SSSR count). The Bertz CT molecular complexity index is 1650. The molecule has 0 unspecified atom stereocenters. The highest BCUT2D eigenvalue weighted by Crippen LogP contribution is 2.28. The van der Waals surface area contributed by atoms with E-state index in [1.54, 1.807) is 30.3 Å². The molecule has 3 aromatic carbocycles. The number of carbonyl (C=O) groups excluding carboxylic acids is 2. The molecule has 0 fully saturated rings. The van der Waals surface area contributed by atoms with Gasteiger partial charge in [-0.25, -0.2) is 19.4 Å². The number of aromatic nitrogens is 2. The molecular formula is C33H35F3N4O5. The lowest BCUT2D eigenvalue weighted by atomic mass is 9.99. The van der Waals surface area contributed by atoms with Crippen molar-refractivity contribution in [3.05, 3.63) is 83.7 Å². The molecule has 0 saturated carbocycles. The fourth-order valence-corrected chi connectivity index (χ4v) is 5.09. The summed E-state index contributed by atoms with van der Waals surface area (Å²) in [7, 11) is 0. The number of nitrogens with two attached hydrogens (primary N) is 1. The van der Waals surface area contributed by atoms with E-state index in [1.165, 1.54) is 4.90 Å². The van der Waals surface area contributed by atoms with E-state index in [9.17, 15) is 32.7 Å². The van der Waals surface area contributed by atoms with E-state index in [1.807, 2.05) is 36.4 Å². The van der Waals surface area contributed by atoms with E-state index in [-0.39, 0.29) is 25.1 Å². The number of imidazole rings is 1. The molecular weight excluding hydrogens is 589 g/mol. The van der Waals surface area contributed by atoms with E-state index in [4.69, 9.17) is 10.7 Å². The van der Waals surface area contributed by atoms with Gasteiger partial charge in [0.25, 0.3) is 0 Å². The number of esters is 1. The molecule has 0 radical (unpaired) electrons. The molecule has 0 spiro atoms. The quantitative estimate of drug-likeness (QED) is 0.115. The van der Waals surface area contributed by atoms with Gasteiger partial charge < -0.3 is 20.1 Å². The second-order valence-corrected chi connectivity index (χ2v) is 10.6. The topological polar surface area (TPSA) is 128 Å². The summed E-state index contributed by atoms with van der Waals surface area (Å²) in [6.07, 6.45) is -1.29. The van der Waals surface area contributed by atoms with E-state index >= 15 is 0 Å². The first-order chi connectivity index (χ1) is 21.5. The van der Waals surface area contributed by atoms with Crippen molar-refractivity contribution in [2.45, 2.75) is 58.2 Å². The number of urea groups is 1. The van der Waals surface area contributed by atoms with Gasteiger partial charge in [-0.15, -0.1) is 0 Å². The van der Waals surface area contributed by atoms with Crippen LogP contribution in [0.3, 0.4) is 0 Å². The number of anilines is 1. The standard InChI is InChI=1S/C33H35F3N4O5/c1-2-3-11-29-38-27-17-16-24(39(32(37)44)18-7-4-8-19-45-31(43)33(34,35)36)20-28(27)40(29)21-22-12-14-23(15-13-22)25-9-5-6-10-26(25)30(41)42/h5-6,9-10,12-17,20H,2-4,7-8,11,18-19,21H2,1H3,(H2,37,44)(H,41,42). The number of aryl methyl sites for hydroxylation is 1. The number of carboxylic acid groups (broad SMARTS) is 1. The summed E-state index contributed by atoms with van der Waals surface area (Å²) >= 11 is 0. The molecule has 2 amide bonds. The predicted octanol–water partition coefficient (Wildman–Crippen LogP) is 6.95. The predicted molar refractivity (Wildman–Crippen MR) is 164 cm³/mol. The minimum Gasteiger partial charge on any atom is -0.478 e. The van der Waals surface area contributed by atoms with Crippen LogP contribution in [0.1, 0.15) is 60.8 Å². The molecule has 238 valence electrons. The molecule has 0 aliphatic carbocycles. The van der Waals surface area contributed by atoms with Crippen LogP contribution in [0.15, 0.2) is 66.7 Å². The Morgan fingerprint density at radius 3 is 2.38 bits per heavy atom. The Morgan fingerprint density at radius 2 is 1.71 bits per heavy atom. The average molecular weight is 625 g/mol. The number of alkyl halides is 3. The highest BCUT2D eigenvalue weighted by atomic mass is 19.4. The number of hydrogen-bond donors (Lipinski definition) is 2. The van der Waals surface area contributed by atoms with Crippen molar-refractivity contribution in [3.63, 3.8) is 0 Å². The first-order valence-electron chi connectivity index (χ1n) is 14.7. The molecule has 9 nitrogen and oxygen atoms in total. The van der Waals surface area contributed by atoms with Gasteiger partial charge in [0.05, 0.1) is 23.2 Å². The number of carbonyl (C=O) groups is 3. The Balaban J connectivity index is 1.53. The molecule has 4 aromatic rings. The molecule has 45 heavy (non-hydrogen) atoms. The molecule has 3 N–H and O–H groups in total. The minimum atomic E-state index is -5.03. The summed E-state index contributed by atoms with van der Waals surface area (Å²) in [5.74, 6) is -2.32. The third-order valence-electron chi connectivity index (χ3n) is 7.40. The number of halogens is 3. The Labute approximate surface area is 258 Å². The van der Waals surface area contributed by atoms with E-state index < -0.39 is 24.1 Å². The number of amides is 2. The van der Waals surface area contributed by atoms with Gasteiger partial charge in [0, 0.05) is 25.2 Å². The largest absolute Gasteiger partial charge is 0.490 e. The second kappa shape index (κ2) is 14.7. The summed E-state index contributed by atoms with van der Waals surface area (Å²) in [6.45, 7) is 2.45. The van der Waals surface area contributed by atoms with E-state index in [2.05, 4.69) is 16.2 Å². The number of ether oxygens (including phenoxy) is 1. The van der Waals surface area contributed by atoms with Gasteiger partial charge >= 0.3 is 24.1 Å². The van der Waals surface area contributed by atoms with Crippen LogP contribution in [0.2, 0.25) is 0 Å². The molecule has 1 heterocycles. The van der Waals surface area contributed by atoms with Crippen LogP contribution < -0.4 is 10.6 Å². The highest BCUT2D eigenvalue weighted by Gasteiger charge is 2.40. The van der Waals surface area contributed by atoms with Crippen molar-refractivity contribution in [2.75, 3.05) is 18.1 Å². The number of carboxylic acids is 1. The maximum atomic E-state index is 12.4. The lowest BCUT2D eigenvalue weighted by molar-refractivity contribution is -0.199. The molecule has 12 heteroatoms. The molecule has 0 atom stereocenters. The maximum absolute atomic E-state index is 12.4. The number of unbranched alkanes of at least 4 members (excludes halogenated alkanes) is 3. The van der Waals surface area contributed by atoms with Crippen LogP contribution in [0.25, 0.3) is 22.2 Å². The first-order valence-corrected chi connectivity index (χ1v) is 14.7. The summed E-state index contributed by atoms with van der Waals surface area (Å²) in [5, 5.41) is 9.58. The van der Waals surface area contributed by atoms with Gasteiger partial charge in [0.1, 0.15) is 5.82 Å². The smallest absolute Gasteiger partial charge is 0.478 e. The molecule has 1 aromatic heterocycles. The number of hydrogen-bond acceptors (Lipinski definition) is 5. The zero-order valence-electron chi connectivity index (χ0n) is 24.8. The summed E-state index contributed by atoms with van der Waals surface area (Å²) in [6, 6.07) is 19.3. The van der Waals surface area contributed by atoms with Gasteiger partial charge in [-0.1, -0.05) is 55.8 Å². The summed E-state index contributed by atoms with van der Waals surface area (Å²) in [5.41, 5.74) is 10.4. The van der Waals surface area contributed by atoms with Crippen LogP contribution in [0, 0.1) is 0 Å². The van der Waals surface area contributed by atoms with Crippen molar-refractivity contribution in [1.82, 2.24) is 9.55 Å². The van der Waals surface area contributed by atoms with Gasteiger partial charge in [-0.2, -0.15) is 13.2 Å². The van der Waals surface area contributed by atoms with Crippen LogP contribution in [0.4, 0.5) is 23.7 Å². The minimum absolute atomic E-state index is 0.210. The molecule has 0 aliphatic rings. The lowest BCUT2D eigenvalue weighted by Gasteiger charge is -2.21. The fourth-order valence-electron chi connectivity index (χ4n) is 5.09. The number of nitrogens with zero attached hydrogens (tertiary/aromatic N) is 3. The second-order valence-electron chi connectivity index (χ2n) is 10.6.